The number of carbonyl (C=O) groups is 1. The average molecular weight is 277 g/mol. The SMILES string of the molecule is Cc1c(N)cccc1NC(=O)CN1CCC(C(C)O)C1. The number of aliphatic hydroxyl groups is 1. The number of carbonyl (C=O) groups excluding carboxylic acids is 1. The fourth-order valence-electron chi connectivity index (χ4n) is 2.58. The smallest absolute Gasteiger partial charge is 0.238 e. The topological polar surface area (TPSA) is 78.6 Å². The molecule has 2 unspecified atom stereocenters. The Labute approximate surface area is 119 Å². The van der Waals surface area contributed by atoms with E-state index in [4.69, 9.17) is 5.73 Å². The third kappa shape index (κ3) is 3.49. The van der Waals surface area contributed by atoms with Crippen LogP contribution >= 0.6 is 0 Å². The number of hydrogen-bond acceptors (Lipinski definition) is 4. The molecule has 1 amide bonds. The van der Waals surface area contributed by atoms with Crippen LogP contribution in [0.1, 0.15) is 18.9 Å². The zero-order chi connectivity index (χ0) is 14.7. The second kappa shape index (κ2) is 6.24. The molecule has 0 aromatic heterocycles. The summed E-state index contributed by atoms with van der Waals surface area (Å²) < 4.78 is 0. The van der Waals surface area contributed by atoms with Crippen molar-refractivity contribution in [3.8, 4) is 0 Å². The Kier molecular flexibility index (Phi) is 4.62. The number of hydrogen-bond donors (Lipinski definition) is 3. The van der Waals surface area contributed by atoms with Crippen molar-refractivity contribution < 1.29 is 9.90 Å². The highest BCUT2D eigenvalue weighted by Crippen LogP contribution is 2.21. The maximum absolute atomic E-state index is 12.1. The van der Waals surface area contributed by atoms with E-state index in [1.54, 1.807) is 0 Å². The van der Waals surface area contributed by atoms with Gasteiger partial charge >= 0.3 is 0 Å². The number of nitrogens with zero attached hydrogens (tertiary/aromatic N) is 1. The molecule has 0 aliphatic carbocycles. The largest absolute Gasteiger partial charge is 0.398 e. The van der Waals surface area contributed by atoms with E-state index in [9.17, 15) is 9.90 Å². The summed E-state index contributed by atoms with van der Waals surface area (Å²) >= 11 is 0. The first-order valence-electron chi connectivity index (χ1n) is 7.02. The summed E-state index contributed by atoms with van der Waals surface area (Å²) in [5.41, 5.74) is 8.16. The Balaban J connectivity index is 1.89. The highest BCUT2D eigenvalue weighted by Gasteiger charge is 2.27. The van der Waals surface area contributed by atoms with E-state index in [0.717, 1.165) is 30.8 Å². The number of aliphatic hydroxyl groups excluding tert-OH is 1. The van der Waals surface area contributed by atoms with Gasteiger partial charge in [0.25, 0.3) is 0 Å². The molecule has 1 aromatic carbocycles. The minimum absolute atomic E-state index is 0.0371. The van der Waals surface area contributed by atoms with E-state index in [2.05, 4.69) is 10.2 Å². The molecule has 0 bridgehead atoms. The van der Waals surface area contributed by atoms with Crippen LogP contribution in [0.25, 0.3) is 0 Å². The summed E-state index contributed by atoms with van der Waals surface area (Å²) in [5.74, 6) is 0.238. The van der Waals surface area contributed by atoms with Crippen LogP contribution in [0.5, 0.6) is 0 Å². The first kappa shape index (κ1) is 14.8. The summed E-state index contributed by atoms with van der Waals surface area (Å²) in [7, 11) is 0. The van der Waals surface area contributed by atoms with Gasteiger partial charge in [0, 0.05) is 17.9 Å². The first-order valence-corrected chi connectivity index (χ1v) is 7.02. The van der Waals surface area contributed by atoms with E-state index in [0.29, 0.717) is 12.2 Å². The van der Waals surface area contributed by atoms with Gasteiger partial charge in [0.2, 0.25) is 5.91 Å². The number of nitrogens with two attached hydrogens (primary N) is 1. The van der Waals surface area contributed by atoms with E-state index in [-0.39, 0.29) is 17.9 Å². The fourth-order valence-corrected chi connectivity index (χ4v) is 2.58. The summed E-state index contributed by atoms with van der Waals surface area (Å²) in [6.07, 6.45) is 0.640. The zero-order valence-electron chi connectivity index (χ0n) is 12.1. The van der Waals surface area contributed by atoms with Crippen molar-refractivity contribution in [1.29, 1.82) is 0 Å². The molecule has 0 saturated carbocycles. The van der Waals surface area contributed by atoms with E-state index in [1.165, 1.54) is 0 Å². The van der Waals surface area contributed by atoms with Crippen LogP contribution < -0.4 is 11.1 Å². The molecule has 2 rings (SSSR count). The van der Waals surface area contributed by atoms with Crippen molar-refractivity contribution >= 4 is 17.3 Å². The second-order valence-electron chi connectivity index (χ2n) is 5.59. The van der Waals surface area contributed by atoms with Crippen LogP contribution in [0.3, 0.4) is 0 Å². The van der Waals surface area contributed by atoms with Crippen molar-refractivity contribution in [2.24, 2.45) is 5.92 Å². The molecular weight excluding hydrogens is 254 g/mol. The molecule has 4 N–H and O–H groups in total. The van der Waals surface area contributed by atoms with Gasteiger partial charge in [-0.25, -0.2) is 0 Å². The molecule has 2 atom stereocenters. The predicted octanol–water partition coefficient (Wildman–Crippen LogP) is 1.22. The number of likely N-dealkylation sites (tertiary alicyclic amines) is 1. The van der Waals surface area contributed by atoms with Crippen molar-refractivity contribution in [3.63, 3.8) is 0 Å². The van der Waals surface area contributed by atoms with Crippen LogP contribution in [0.4, 0.5) is 11.4 Å². The van der Waals surface area contributed by atoms with E-state index in [1.807, 2.05) is 32.0 Å². The summed E-state index contributed by atoms with van der Waals surface area (Å²) in [4.78, 5) is 14.1. The molecule has 1 aliphatic heterocycles. The molecule has 0 spiro atoms. The number of benzene rings is 1. The van der Waals surface area contributed by atoms with Crippen molar-refractivity contribution in [1.82, 2.24) is 4.90 Å². The number of nitrogens with one attached hydrogen (secondary N) is 1. The standard InChI is InChI=1S/C15H23N3O2/c1-10-13(16)4-3-5-14(10)17-15(20)9-18-7-6-12(8-18)11(2)19/h3-5,11-12,19H,6-9,16H2,1-2H3,(H,17,20). The quantitative estimate of drug-likeness (QED) is 0.723. The van der Waals surface area contributed by atoms with Gasteiger partial charge in [-0.3, -0.25) is 9.69 Å². The minimum Gasteiger partial charge on any atom is -0.398 e. The summed E-state index contributed by atoms with van der Waals surface area (Å²) in [6.45, 7) is 5.70. The van der Waals surface area contributed by atoms with Gasteiger partial charge in [-0.2, -0.15) is 0 Å². The van der Waals surface area contributed by atoms with Gasteiger partial charge in [0.05, 0.1) is 12.6 Å². The third-order valence-corrected chi connectivity index (χ3v) is 4.01. The normalized spacial score (nSPS) is 20.9. The number of anilines is 2. The van der Waals surface area contributed by atoms with Gasteiger partial charge in [-0.1, -0.05) is 6.07 Å². The molecule has 1 aliphatic rings. The second-order valence-corrected chi connectivity index (χ2v) is 5.59. The Morgan fingerprint density at radius 1 is 1.60 bits per heavy atom. The van der Waals surface area contributed by atoms with Crippen LogP contribution in [0.2, 0.25) is 0 Å². The first-order chi connectivity index (χ1) is 9.47. The van der Waals surface area contributed by atoms with Gasteiger partial charge in [-0.15, -0.1) is 0 Å². The Bertz CT molecular complexity index is 488. The monoisotopic (exact) mass is 277 g/mol. The Hall–Kier alpha value is -1.59. The van der Waals surface area contributed by atoms with E-state index < -0.39 is 0 Å². The average Bonchev–Trinajstić information content (AvgIpc) is 2.83. The van der Waals surface area contributed by atoms with Gasteiger partial charge < -0.3 is 16.2 Å². The highest BCUT2D eigenvalue weighted by molar-refractivity contribution is 5.93. The molecule has 5 heteroatoms. The summed E-state index contributed by atoms with van der Waals surface area (Å²) in [5, 5.41) is 12.5. The molecule has 1 fully saturated rings. The Morgan fingerprint density at radius 3 is 3.00 bits per heavy atom. The molecule has 1 aromatic rings. The molecule has 0 radical (unpaired) electrons. The number of nitrogen functional groups attached to an aromatic ring is 1. The zero-order valence-corrected chi connectivity index (χ0v) is 12.1. The van der Waals surface area contributed by atoms with Crippen molar-refractivity contribution in [2.75, 3.05) is 30.7 Å². The Morgan fingerprint density at radius 2 is 2.35 bits per heavy atom. The summed E-state index contributed by atoms with van der Waals surface area (Å²) in [6, 6.07) is 5.50. The number of rotatable bonds is 4. The molecule has 110 valence electrons. The van der Waals surface area contributed by atoms with Crippen LogP contribution in [0, 0.1) is 12.8 Å². The maximum Gasteiger partial charge on any atom is 0.238 e. The van der Waals surface area contributed by atoms with Crippen molar-refractivity contribution in [3.05, 3.63) is 23.8 Å². The maximum atomic E-state index is 12.1. The lowest BCUT2D eigenvalue weighted by Gasteiger charge is -2.17. The van der Waals surface area contributed by atoms with Crippen LogP contribution in [-0.2, 0) is 4.79 Å². The van der Waals surface area contributed by atoms with Crippen LogP contribution in [0.15, 0.2) is 18.2 Å². The molecule has 1 saturated heterocycles. The molecule has 20 heavy (non-hydrogen) atoms. The van der Waals surface area contributed by atoms with Crippen molar-refractivity contribution in [2.45, 2.75) is 26.4 Å². The third-order valence-electron chi connectivity index (χ3n) is 4.01. The lowest BCUT2D eigenvalue weighted by molar-refractivity contribution is -0.117. The number of amides is 1. The molecular formula is C15H23N3O2. The lowest BCUT2D eigenvalue weighted by atomic mass is 10.0. The molecule has 5 nitrogen and oxygen atoms in total. The molecule has 1 heterocycles. The fraction of sp³-hybridized carbons (Fsp3) is 0.533. The lowest BCUT2D eigenvalue weighted by Crippen LogP contribution is -2.32. The van der Waals surface area contributed by atoms with E-state index >= 15 is 0 Å². The van der Waals surface area contributed by atoms with Gasteiger partial charge in [0.1, 0.15) is 0 Å². The van der Waals surface area contributed by atoms with Gasteiger partial charge in [-0.05, 0) is 50.4 Å². The predicted molar refractivity (Wildman–Crippen MR) is 80.4 cm³/mol. The minimum atomic E-state index is -0.306. The van der Waals surface area contributed by atoms with Crippen LogP contribution in [-0.4, -0.2) is 41.7 Å². The highest BCUT2D eigenvalue weighted by atomic mass is 16.3. The van der Waals surface area contributed by atoms with Gasteiger partial charge in [0.15, 0.2) is 0 Å².